The van der Waals surface area contributed by atoms with Gasteiger partial charge in [-0.1, -0.05) is 0 Å². The molecule has 6 heteroatoms. The van der Waals surface area contributed by atoms with E-state index in [0.29, 0.717) is 0 Å². The van der Waals surface area contributed by atoms with Crippen molar-refractivity contribution >= 4 is 23.9 Å². The van der Waals surface area contributed by atoms with E-state index in [1.807, 2.05) is 0 Å². The van der Waals surface area contributed by atoms with E-state index in [9.17, 15) is 0 Å². The van der Waals surface area contributed by atoms with Crippen LogP contribution in [0.2, 0.25) is 0 Å². The van der Waals surface area contributed by atoms with E-state index < -0.39 is 0 Å². The predicted molar refractivity (Wildman–Crippen MR) is 16.9 cm³/mol. The Kier molecular flexibility index (Phi) is 210. The van der Waals surface area contributed by atoms with E-state index in [1.54, 1.807) is 0 Å². The third-order valence-corrected chi connectivity index (χ3v) is 0. The van der Waals surface area contributed by atoms with Crippen LogP contribution in [0.5, 0.6) is 0 Å². The number of rotatable bonds is 0. The second kappa shape index (κ2) is 30.8. The zero-order valence-electron chi connectivity index (χ0n) is 10.0. The van der Waals surface area contributed by atoms with Crippen LogP contribution in [-0.4, -0.2) is 23.9 Å². The first-order valence-electron chi connectivity index (χ1n) is 0. The molecule has 0 aromatic carbocycles. The molecular formula is H9Na5Sn. The Morgan fingerprint density at radius 1 is 0.500 bits per heavy atom. The first-order chi connectivity index (χ1) is 0. The predicted octanol–water partition coefficient (Wildman–Crippen LogP) is -15.9. The van der Waals surface area contributed by atoms with Gasteiger partial charge in [0.1, 0.15) is 0 Å². The summed E-state index contributed by atoms with van der Waals surface area (Å²) in [5.74, 6) is 0. The zero-order valence-corrected chi connectivity index (χ0v) is 15.0. The molecule has 0 bridgehead atoms. The quantitative estimate of drug-likeness (QED) is 0.370. The van der Waals surface area contributed by atoms with Crippen LogP contribution in [0.25, 0.3) is 0 Å². The molecule has 0 saturated carbocycles. The van der Waals surface area contributed by atoms with Gasteiger partial charge in [-0.25, -0.2) is 0 Å². The van der Waals surface area contributed by atoms with Crippen LogP contribution in [0, 0.1) is 0 Å². The molecule has 0 amide bonds. The van der Waals surface area contributed by atoms with Gasteiger partial charge in [-0.15, -0.1) is 0 Å². The Hall–Kier alpha value is 5.80. The van der Waals surface area contributed by atoms with E-state index >= 15 is 0 Å². The van der Waals surface area contributed by atoms with Crippen LogP contribution in [0.3, 0.4) is 0 Å². The van der Waals surface area contributed by atoms with Gasteiger partial charge in [-0.05, 0) is 0 Å². The van der Waals surface area contributed by atoms with Gasteiger partial charge in [0.2, 0.25) is 0 Å². The molecule has 0 aliphatic heterocycles. The monoisotopic (exact) mass is 244 g/mol. The van der Waals surface area contributed by atoms with Crippen molar-refractivity contribution < 1.29 is 155 Å². The van der Waals surface area contributed by atoms with Crippen molar-refractivity contribution in [3.05, 3.63) is 0 Å². The van der Waals surface area contributed by atoms with Crippen molar-refractivity contribution in [2.45, 2.75) is 0 Å². The number of hydrogen-bond acceptors (Lipinski definition) is 0. The van der Waals surface area contributed by atoms with E-state index in [1.165, 1.54) is 0 Å². The molecule has 0 spiro atoms. The molecule has 18 valence electrons. The van der Waals surface area contributed by atoms with Crippen molar-refractivity contribution in [2.75, 3.05) is 0 Å². The van der Waals surface area contributed by atoms with Gasteiger partial charge in [0, 0.05) is 0 Å². The number of hydrogen-bond donors (Lipinski definition) is 0. The summed E-state index contributed by atoms with van der Waals surface area (Å²) in [6.45, 7) is 0. The summed E-state index contributed by atoms with van der Waals surface area (Å²) in [6.07, 6.45) is 0. The summed E-state index contributed by atoms with van der Waals surface area (Å²) in [7, 11) is 0. The molecule has 0 aliphatic rings. The molecule has 0 fully saturated rings. The van der Waals surface area contributed by atoms with Crippen LogP contribution in [-0.2, 0) is 0 Å². The van der Waals surface area contributed by atoms with Crippen molar-refractivity contribution in [1.82, 2.24) is 0 Å². The summed E-state index contributed by atoms with van der Waals surface area (Å²) >= 11 is 0. The topological polar surface area (TPSA) is 0 Å². The van der Waals surface area contributed by atoms with Gasteiger partial charge in [-0.2, -0.15) is 0 Å². The second-order valence-corrected chi connectivity index (χ2v) is 0. The van der Waals surface area contributed by atoms with Gasteiger partial charge in [0.05, 0.1) is 0 Å². The van der Waals surface area contributed by atoms with Gasteiger partial charge in [0.25, 0.3) is 0 Å². The Labute approximate surface area is 174 Å². The molecule has 0 heterocycles. The Morgan fingerprint density at radius 3 is 0.500 bits per heavy atom. The SMILES string of the molecule is [H-].[H-].[H-].[H-].[H-].[Na+].[Na+].[Na+].[Na+].[Na+].[SnH4]. The molecule has 0 rings (SSSR count). The fraction of sp³-hybridized carbons (Fsp3) is 0. The molecule has 0 atom stereocenters. The molecule has 0 radical (unpaired) electrons. The van der Waals surface area contributed by atoms with Gasteiger partial charge < -0.3 is 7.13 Å². The summed E-state index contributed by atoms with van der Waals surface area (Å²) in [5.41, 5.74) is 0. The summed E-state index contributed by atoms with van der Waals surface area (Å²) in [5, 5.41) is 0. The van der Waals surface area contributed by atoms with Gasteiger partial charge in [0.15, 0.2) is 0 Å². The average molecular weight is 243 g/mol. The molecule has 6 heavy (non-hydrogen) atoms. The standard InChI is InChI=1S/5Na.Sn.9H/q5*+1;;;;;;5*-1. The zero-order chi connectivity index (χ0) is 0. The normalized spacial score (nSPS) is 0. The van der Waals surface area contributed by atoms with Crippen LogP contribution in [0.15, 0.2) is 0 Å². The van der Waals surface area contributed by atoms with Crippen molar-refractivity contribution in [2.24, 2.45) is 0 Å². The summed E-state index contributed by atoms with van der Waals surface area (Å²) in [6, 6.07) is 0. The van der Waals surface area contributed by atoms with Gasteiger partial charge >= 0.3 is 172 Å². The molecule has 0 nitrogen and oxygen atoms in total. The fourth-order valence-corrected chi connectivity index (χ4v) is 0. The first-order valence-corrected chi connectivity index (χ1v) is 0. The van der Waals surface area contributed by atoms with Crippen LogP contribution in [0.4, 0.5) is 0 Å². The molecule has 0 saturated heterocycles. The molecule has 0 N–H and O–H groups in total. The van der Waals surface area contributed by atoms with Crippen molar-refractivity contribution in [3.8, 4) is 0 Å². The third-order valence-electron chi connectivity index (χ3n) is 0. The van der Waals surface area contributed by atoms with Crippen molar-refractivity contribution in [1.29, 1.82) is 0 Å². The van der Waals surface area contributed by atoms with E-state index in [0.717, 1.165) is 0 Å². The van der Waals surface area contributed by atoms with Crippen LogP contribution >= 0.6 is 0 Å². The maximum atomic E-state index is 0. The van der Waals surface area contributed by atoms with E-state index in [4.69, 9.17) is 0 Å². The van der Waals surface area contributed by atoms with E-state index in [-0.39, 0.29) is 179 Å². The fourth-order valence-electron chi connectivity index (χ4n) is 0. The Balaban J connectivity index is 0. The van der Waals surface area contributed by atoms with Gasteiger partial charge in [-0.3, -0.25) is 0 Å². The summed E-state index contributed by atoms with van der Waals surface area (Å²) < 4.78 is 0. The molecule has 0 unspecified atom stereocenters. The minimum atomic E-state index is 0. The Bertz CT molecular complexity index is 14.8. The average Bonchev–Trinajstić information content (AvgIpc) is 0. The second-order valence-electron chi connectivity index (χ2n) is 0. The van der Waals surface area contributed by atoms with Crippen molar-refractivity contribution in [3.63, 3.8) is 0 Å². The maximum absolute atomic E-state index is 0. The van der Waals surface area contributed by atoms with Crippen LogP contribution in [0.1, 0.15) is 7.13 Å². The molecule has 0 aromatic heterocycles. The molecule has 0 aromatic rings. The summed E-state index contributed by atoms with van der Waals surface area (Å²) in [4.78, 5) is 0. The van der Waals surface area contributed by atoms with E-state index in [2.05, 4.69) is 0 Å². The first kappa shape index (κ1) is 40.9. The minimum absolute atomic E-state index is 0. The third kappa shape index (κ3) is 22.6. The Morgan fingerprint density at radius 2 is 0.500 bits per heavy atom. The van der Waals surface area contributed by atoms with Crippen LogP contribution < -0.4 is 148 Å². The molecule has 0 aliphatic carbocycles. The molecular weight excluding hydrogens is 234 g/mol.